The van der Waals surface area contributed by atoms with Crippen molar-refractivity contribution >= 4 is 0 Å². The van der Waals surface area contributed by atoms with Crippen LogP contribution in [0.2, 0.25) is 0 Å². The van der Waals surface area contributed by atoms with E-state index in [2.05, 4.69) is 0 Å². The van der Waals surface area contributed by atoms with E-state index in [1.54, 1.807) is 0 Å². The Balaban J connectivity index is 1.72. The van der Waals surface area contributed by atoms with Crippen LogP contribution in [0.15, 0.2) is 0 Å². The van der Waals surface area contributed by atoms with Gasteiger partial charge in [-0.1, -0.05) is 0 Å². The Hall–Kier alpha value is -0.640. The van der Waals surface area contributed by atoms with E-state index in [9.17, 15) is 56.2 Å². The number of aliphatic hydroxyl groups is 11. The SMILES string of the molecule is OC[C@H]1O[C@@H](O[C@H]2[C@H](O)[C@@H](O)[C@@H](O)O[C@@H]2CO)[C@H](O)[C@@H](O)C1O[C@@H]1O[C@H](CO)[C@@H](O)[C@H](O)[C@H]1O. The van der Waals surface area contributed by atoms with Crippen LogP contribution in [-0.4, -0.2) is 168 Å². The summed E-state index contributed by atoms with van der Waals surface area (Å²) in [6, 6.07) is 0. The highest BCUT2D eigenvalue weighted by Crippen LogP contribution is 2.32. The molecule has 16 nitrogen and oxygen atoms in total. The molecule has 0 aromatic carbocycles. The summed E-state index contributed by atoms with van der Waals surface area (Å²) in [7, 11) is 0. The summed E-state index contributed by atoms with van der Waals surface area (Å²) in [6.07, 6.45) is -25.1. The van der Waals surface area contributed by atoms with E-state index in [0.717, 1.165) is 0 Å². The molecule has 3 aliphatic rings. The highest BCUT2D eigenvalue weighted by Gasteiger charge is 2.53. The Kier molecular flexibility index (Phi) is 9.54. The number of rotatable bonds is 7. The van der Waals surface area contributed by atoms with Gasteiger partial charge in [-0.05, 0) is 0 Å². The fourth-order valence-electron chi connectivity index (χ4n) is 4.06. The standard InChI is InChI=1S/C18H32O16/c19-1-4-7(22)8(23)12(27)17(31-4)34-15-6(3-21)32-18(13(28)10(15)25)33-14-5(2-20)30-16(29)11(26)9(14)24/h4-29H,1-3H2/t4-,5-,6-,7-,8+,9-,10-,11-,12-,13-,14-,15?,16+,17+,18+/m1/s1. The van der Waals surface area contributed by atoms with Crippen LogP contribution in [0, 0.1) is 0 Å². The normalized spacial score (nSPS) is 52.5. The fraction of sp³-hybridized carbons (Fsp3) is 1.00. The minimum atomic E-state index is -1.91. The van der Waals surface area contributed by atoms with Gasteiger partial charge in [0.25, 0.3) is 0 Å². The average molecular weight is 504 g/mol. The van der Waals surface area contributed by atoms with Crippen LogP contribution in [0.3, 0.4) is 0 Å². The fourth-order valence-corrected chi connectivity index (χ4v) is 4.06. The smallest absolute Gasteiger partial charge is 0.187 e. The molecule has 0 aromatic rings. The van der Waals surface area contributed by atoms with E-state index in [-0.39, 0.29) is 0 Å². The van der Waals surface area contributed by atoms with Crippen molar-refractivity contribution in [1.82, 2.24) is 0 Å². The molecule has 0 spiro atoms. The Morgan fingerprint density at radius 1 is 0.441 bits per heavy atom. The minimum Gasteiger partial charge on any atom is -0.394 e. The van der Waals surface area contributed by atoms with Crippen LogP contribution >= 0.6 is 0 Å². The molecule has 15 atom stereocenters. The molecular weight excluding hydrogens is 472 g/mol. The third-order valence-electron chi connectivity index (χ3n) is 6.09. The van der Waals surface area contributed by atoms with Gasteiger partial charge in [-0.15, -0.1) is 0 Å². The highest BCUT2D eigenvalue weighted by molar-refractivity contribution is 4.96. The molecule has 0 aromatic heterocycles. The van der Waals surface area contributed by atoms with E-state index >= 15 is 0 Å². The van der Waals surface area contributed by atoms with Crippen molar-refractivity contribution in [3.63, 3.8) is 0 Å². The third kappa shape index (κ3) is 5.37. The molecule has 0 radical (unpaired) electrons. The summed E-state index contributed by atoms with van der Waals surface area (Å²) in [5, 5.41) is 109. The Labute approximate surface area is 192 Å². The molecule has 16 heteroatoms. The first-order valence-electron chi connectivity index (χ1n) is 10.6. The van der Waals surface area contributed by atoms with Crippen LogP contribution in [0.5, 0.6) is 0 Å². The van der Waals surface area contributed by atoms with Gasteiger partial charge in [-0.25, -0.2) is 0 Å². The van der Waals surface area contributed by atoms with Crippen molar-refractivity contribution in [3.8, 4) is 0 Å². The van der Waals surface area contributed by atoms with Crippen LogP contribution < -0.4 is 0 Å². The summed E-state index contributed by atoms with van der Waals surface area (Å²) in [5.41, 5.74) is 0. The van der Waals surface area contributed by atoms with Crippen molar-refractivity contribution in [2.75, 3.05) is 19.8 Å². The van der Waals surface area contributed by atoms with E-state index < -0.39 is 112 Å². The van der Waals surface area contributed by atoms with Gasteiger partial charge in [-0.3, -0.25) is 0 Å². The van der Waals surface area contributed by atoms with Crippen molar-refractivity contribution < 1.29 is 79.9 Å². The molecule has 3 heterocycles. The van der Waals surface area contributed by atoms with Crippen LogP contribution in [-0.2, 0) is 23.7 Å². The van der Waals surface area contributed by atoms with Gasteiger partial charge in [-0.2, -0.15) is 0 Å². The summed E-state index contributed by atoms with van der Waals surface area (Å²) >= 11 is 0. The predicted octanol–water partition coefficient (Wildman–Crippen LogP) is -7.57. The van der Waals surface area contributed by atoms with E-state index in [1.807, 2.05) is 0 Å². The monoisotopic (exact) mass is 504 g/mol. The van der Waals surface area contributed by atoms with Crippen molar-refractivity contribution in [2.45, 2.75) is 92.1 Å². The molecule has 1 unspecified atom stereocenters. The Morgan fingerprint density at radius 2 is 0.853 bits per heavy atom. The molecule has 200 valence electrons. The van der Waals surface area contributed by atoms with E-state index in [1.165, 1.54) is 0 Å². The lowest BCUT2D eigenvalue weighted by Gasteiger charge is -2.47. The lowest BCUT2D eigenvalue weighted by atomic mass is 9.96. The number of ether oxygens (including phenoxy) is 5. The molecule has 34 heavy (non-hydrogen) atoms. The first kappa shape index (κ1) is 27.9. The van der Waals surface area contributed by atoms with Crippen molar-refractivity contribution in [1.29, 1.82) is 0 Å². The van der Waals surface area contributed by atoms with Gasteiger partial charge in [0.15, 0.2) is 18.9 Å². The molecule has 3 aliphatic heterocycles. The van der Waals surface area contributed by atoms with Crippen LogP contribution in [0.4, 0.5) is 0 Å². The number of aliphatic hydroxyl groups excluding tert-OH is 11. The number of hydrogen-bond acceptors (Lipinski definition) is 16. The van der Waals surface area contributed by atoms with Gasteiger partial charge >= 0.3 is 0 Å². The second kappa shape index (κ2) is 11.6. The Bertz CT molecular complexity index is 635. The van der Waals surface area contributed by atoms with E-state index in [0.29, 0.717) is 0 Å². The first-order chi connectivity index (χ1) is 16.0. The maximum Gasteiger partial charge on any atom is 0.187 e. The van der Waals surface area contributed by atoms with Crippen molar-refractivity contribution in [3.05, 3.63) is 0 Å². The maximum atomic E-state index is 10.6. The van der Waals surface area contributed by atoms with Gasteiger partial charge in [0.05, 0.1) is 19.8 Å². The van der Waals surface area contributed by atoms with Gasteiger partial charge in [0.2, 0.25) is 0 Å². The van der Waals surface area contributed by atoms with Crippen LogP contribution in [0.1, 0.15) is 0 Å². The van der Waals surface area contributed by atoms with Crippen molar-refractivity contribution in [2.24, 2.45) is 0 Å². The summed E-state index contributed by atoms with van der Waals surface area (Å²) in [6.45, 7) is -2.32. The molecule has 11 N–H and O–H groups in total. The summed E-state index contributed by atoms with van der Waals surface area (Å²) in [5.74, 6) is 0. The molecule has 3 saturated heterocycles. The second-order valence-electron chi connectivity index (χ2n) is 8.33. The quantitative estimate of drug-likeness (QED) is 0.154. The van der Waals surface area contributed by atoms with Gasteiger partial charge in [0, 0.05) is 0 Å². The predicted molar refractivity (Wildman–Crippen MR) is 101 cm³/mol. The summed E-state index contributed by atoms with van der Waals surface area (Å²) < 4.78 is 26.4. The lowest BCUT2D eigenvalue weighted by Crippen LogP contribution is -2.66. The van der Waals surface area contributed by atoms with Gasteiger partial charge < -0.3 is 79.9 Å². The third-order valence-corrected chi connectivity index (χ3v) is 6.09. The molecule has 0 saturated carbocycles. The molecule has 0 amide bonds. The zero-order valence-corrected chi connectivity index (χ0v) is 17.7. The molecule has 3 rings (SSSR count). The first-order valence-corrected chi connectivity index (χ1v) is 10.6. The largest absolute Gasteiger partial charge is 0.394 e. The molecule has 3 fully saturated rings. The molecule has 0 aliphatic carbocycles. The molecule has 0 bridgehead atoms. The molecular formula is C18H32O16. The highest BCUT2D eigenvalue weighted by atomic mass is 16.8. The Morgan fingerprint density at radius 3 is 1.35 bits per heavy atom. The zero-order valence-electron chi connectivity index (χ0n) is 17.7. The number of hydrogen-bond donors (Lipinski definition) is 11. The maximum absolute atomic E-state index is 10.6. The minimum absolute atomic E-state index is 0.741. The average Bonchev–Trinajstić information content (AvgIpc) is 2.83. The second-order valence-corrected chi connectivity index (χ2v) is 8.33. The topological polar surface area (TPSA) is 269 Å². The zero-order chi connectivity index (χ0) is 25.3. The summed E-state index contributed by atoms with van der Waals surface area (Å²) in [4.78, 5) is 0. The van der Waals surface area contributed by atoms with Crippen LogP contribution in [0.25, 0.3) is 0 Å². The van der Waals surface area contributed by atoms with Gasteiger partial charge in [0.1, 0.15) is 73.2 Å². The van der Waals surface area contributed by atoms with E-state index in [4.69, 9.17) is 23.7 Å². The lowest BCUT2D eigenvalue weighted by molar-refractivity contribution is -0.377.